The van der Waals surface area contributed by atoms with Crippen molar-refractivity contribution in [3.05, 3.63) is 71.8 Å². The molecule has 0 aliphatic carbocycles. The van der Waals surface area contributed by atoms with Crippen molar-refractivity contribution in [3.8, 4) is 0 Å². The van der Waals surface area contributed by atoms with Crippen LogP contribution in [0.5, 0.6) is 0 Å². The molecule has 24 heavy (non-hydrogen) atoms. The van der Waals surface area contributed by atoms with E-state index in [9.17, 15) is 4.79 Å². The molecule has 2 aliphatic heterocycles. The fraction of sp³-hybridized carbons (Fsp3) is 0.350. The van der Waals surface area contributed by atoms with Crippen LogP contribution in [-0.2, 0) is 5.54 Å². The molecule has 0 bridgehead atoms. The van der Waals surface area contributed by atoms with E-state index in [4.69, 9.17) is 0 Å². The number of nitrogens with one attached hydrogen (secondary N) is 1. The van der Waals surface area contributed by atoms with Gasteiger partial charge in [0.05, 0.1) is 6.54 Å². The van der Waals surface area contributed by atoms with Crippen molar-refractivity contribution in [1.29, 1.82) is 0 Å². The average molecular weight is 321 g/mol. The summed E-state index contributed by atoms with van der Waals surface area (Å²) in [6, 6.07) is 21.0. The summed E-state index contributed by atoms with van der Waals surface area (Å²) in [4.78, 5) is 17.2. The second-order valence-corrected chi connectivity index (χ2v) is 6.90. The number of benzene rings is 2. The Labute approximate surface area is 143 Å². The number of likely N-dealkylation sites (tertiary alicyclic amines) is 1. The molecule has 2 fully saturated rings. The van der Waals surface area contributed by atoms with E-state index >= 15 is 0 Å². The van der Waals surface area contributed by atoms with Gasteiger partial charge in [-0.3, -0.25) is 0 Å². The lowest BCUT2D eigenvalue weighted by Crippen LogP contribution is -2.41. The van der Waals surface area contributed by atoms with Crippen LogP contribution in [0.4, 0.5) is 4.79 Å². The number of carbonyl (C=O) groups excluding carboxylic acids is 1. The van der Waals surface area contributed by atoms with E-state index < -0.39 is 5.54 Å². The normalized spacial score (nSPS) is 23.5. The predicted molar refractivity (Wildman–Crippen MR) is 94.8 cm³/mol. The van der Waals surface area contributed by atoms with Crippen LogP contribution < -0.4 is 5.32 Å². The smallest absolute Gasteiger partial charge is 0.318 e. The molecule has 2 aliphatic rings. The second-order valence-electron chi connectivity index (χ2n) is 6.90. The molecule has 2 aromatic rings. The van der Waals surface area contributed by atoms with Crippen LogP contribution in [0.2, 0.25) is 0 Å². The monoisotopic (exact) mass is 321 g/mol. The van der Waals surface area contributed by atoms with Crippen LogP contribution in [0.15, 0.2) is 60.7 Å². The highest BCUT2D eigenvalue weighted by Gasteiger charge is 2.47. The number of likely N-dealkylation sites (N-methyl/N-ethyl adjacent to an activating group) is 1. The Hall–Kier alpha value is -2.33. The standard InChI is InChI=1S/C20H23N3O/c1-22-13-12-18(14-22)23-15-20(21-19(23)24,16-8-4-2-5-9-16)17-10-6-3-7-11-17/h2-11,18H,12-15H2,1H3,(H,21,24). The SMILES string of the molecule is CN1CCC(N2CC(c3ccccc3)(c3ccccc3)NC2=O)C1. The number of hydrogen-bond donors (Lipinski definition) is 1. The Morgan fingerprint density at radius 1 is 1.00 bits per heavy atom. The molecule has 0 aromatic heterocycles. The Morgan fingerprint density at radius 3 is 2.08 bits per heavy atom. The minimum atomic E-state index is -0.471. The van der Waals surface area contributed by atoms with Gasteiger partial charge >= 0.3 is 6.03 Å². The van der Waals surface area contributed by atoms with Gasteiger partial charge in [-0.2, -0.15) is 0 Å². The van der Waals surface area contributed by atoms with Crippen molar-refractivity contribution in [2.45, 2.75) is 18.0 Å². The van der Waals surface area contributed by atoms with Gasteiger partial charge in [0, 0.05) is 12.6 Å². The molecule has 124 valence electrons. The van der Waals surface area contributed by atoms with Gasteiger partial charge in [0.1, 0.15) is 5.54 Å². The maximum absolute atomic E-state index is 12.8. The van der Waals surface area contributed by atoms with Gasteiger partial charge in [-0.25, -0.2) is 4.79 Å². The average Bonchev–Trinajstić information content (AvgIpc) is 3.20. The third-order valence-corrected chi connectivity index (χ3v) is 5.33. The highest BCUT2D eigenvalue weighted by molar-refractivity contribution is 5.80. The van der Waals surface area contributed by atoms with E-state index in [2.05, 4.69) is 41.5 Å². The summed E-state index contributed by atoms with van der Waals surface area (Å²) in [6.45, 7) is 2.68. The molecule has 2 aromatic carbocycles. The molecule has 1 unspecified atom stereocenters. The summed E-state index contributed by atoms with van der Waals surface area (Å²) in [5.41, 5.74) is 1.80. The number of urea groups is 1. The highest BCUT2D eigenvalue weighted by atomic mass is 16.2. The fourth-order valence-electron chi connectivity index (χ4n) is 4.02. The third-order valence-electron chi connectivity index (χ3n) is 5.33. The molecule has 2 amide bonds. The van der Waals surface area contributed by atoms with E-state index in [1.807, 2.05) is 41.3 Å². The summed E-state index contributed by atoms with van der Waals surface area (Å²) in [5.74, 6) is 0. The van der Waals surface area contributed by atoms with Crippen molar-refractivity contribution < 1.29 is 4.79 Å². The van der Waals surface area contributed by atoms with Crippen LogP contribution in [-0.4, -0.2) is 48.6 Å². The summed E-state index contributed by atoms with van der Waals surface area (Å²) in [6.07, 6.45) is 1.05. The van der Waals surface area contributed by atoms with Gasteiger partial charge in [-0.1, -0.05) is 60.7 Å². The minimum absolute atomic E-state index is 0.0445. The number of nitrogens with zero attached hydrogens (tertiary/aromatic N) is 2. The summed E-state index contributed by atoms with van der Waals surface area (Å²) in [7, 11) is 2.12. The molecule has 0 saturated carbocycles. The molecule has 1 N–H and O–H groups in total. The van der Waals surface area contributed by atoms with Crippen molar-refractivity contribution in [3.63, 3.8) is 0 Å². The topological polar surface area (TPSA) is 35.6 Å². The number of hydrogen-bond acceptors (Lipinski definition) is 2. The predicted octanol–water partition coefficient (Wildman–Crippen LogP) is 2.66. The molecule has 4 heteroatoms. The van der Waals surface area contributed by atoms with E-state index in [0.717, 1.165) is 30.6 Å². The first kappa shape index (κ1) is 15.2. The molecule has 2 saturated heterocycles. The lowest BCUT2D eigenvalue weighted by atomic mass is 9.83. The lowest BCUT2D eigenvalue weighted by Gasteiger charge is -2.31. The zero-order valence-corrected chi connectivity index (χ0v) is 14.0. The third kappa shape index (κ3) is 2.47. The first-order chi connectivity index (χ1) is 11.7. The maximum Gasteiger partial charge on any atom is 0.318 e. The van der Waals surface area contributed by atoms with Gasteiger partial charge in [-0.05, 0) is 31.1 Å². The van der Waals surface area contributed by atoms with Crippen LogP contribution in [0.1, 0.15) is 17.5 Å². The first-order valence-corrected chi connectivity index (χ1v) is 8.57. The molecule has 1 atom stereocenters. The highest BCUT2D eigenvalue weighted by Crippen LogP contribution is 2.36. The summed E-state index contributed by atoms with van der Waals surface area (Å²) in [5, 5.41) is 3.31. The minimum Gasteiger partial charge on any atom is -0.323 e. The molecular formula is C20H23N3O. The Morgan fingerprint density at radius 2 is 1.58 bits per heavy atom. The Bertz CT molecular complexity index is 677. The lowest BCUT2D eigenvalue weighted by molar-refractivity contribution is 0.197. The van der Waals surface area contributed by atoms with Crippen molar-refractivity contribution >= 4 is 6.03 Å². The van der Waals surface area contributed by atoms with Gasteiger partial charge < -0.3 is 15.1 Å². The quantitative estimate of drug-likeness (QED) is 0.943. The van der Waals surface area contributed by atoms with Crippen LogP contribution >= 0.6 is 0 Å². The zero-order chi connectivity index (χ0) is 16.6. The first-order valence-electron chi connectivity index (χ1n) is 8.57. The zero-order valence-electron chi connectivity index (χ0n) is 14.0. The van der Waals surface area contributed by atoms with Crippen molar-refractivity contribution in [2.24, 2.45) is 0 Å². The van der Waals surface area contributed by atoms with E-state index in [-0.39, 0.29) is 6.03 Å². The van der Waals surface area contributed by atoms with Gasteiger partial charge in [0.15, 0.2) is 0 Å². The Kier molecular flexibility index (Phi) is 3.77. The van der Waals surface area contributed by atoms with Gasteiger partial charge in [0.25, 0.3) is 0 Å². The number of amides is 2. The molecule has 2 heterocycles. The number of rotatable bonds is 3. The van der Waals surface area contributed by atoms with Crippen LogP contribution in [0, 0.1) is 0 Å². The van der Waals surface area contributed by atoms with Gasteiger partial charge in [-0.15, -0.1) is 0 Å². The second kappa shape index (κ2) is 5.95. The molecule has 4 rings (SSSR count). The van der Waals surface area contributed by atoms with E-state index in [1.165, 1.54) is 0 Å². The van der Waals surface area contributed by atoms with Crippen molar-refractivity contribution in [1.82, 2.24) is 15.1 Å². The molecule has 0 radical (unpaired) electrons. The molecular weight excluding hydrogens is 298 g/mol. The molecule has 0 spiro atoms. The number of carbonyl (C=O) groups is 1. The molecule has 4 nitrogen and oxygen atoms in total. The maximum atomic E-state index is 12.8. The Balaban J connectivity index is 1.74. The van der Waals surface area contributed by atoms with Gasteiger partial charge in [0.2, 0.25) is 0 Å². The van der Waals surface area contributed by atoms with E-state index in [0.29, 0.717) is 12.6 Å². The largest absolute Gasteiger partial charge is 0.323 e. The van der Waals surface area contributed by atoms with Crippen LogP contribution in [0.25, 0.3) is 0 Å². The van der Waals surface area contributed by atoms with Crippen LogP contribution in [0.3, 0.4) is 0 Å². The van der Waals surface area contributed by atoms with E-state index in [1.54, 1.807) is 0 Å². The fourth-order valence-corrected chi connectivity index (χ4v) is 4.02. The summed E-state index contributed by atoms with van der Waals surface area (Å²) >= 11 is 0. The van der Waals surface area contributed by atoms with Crippen molar-refractivity contribution in [2.75, 3.05) is 26.7 Å². The summed E-state index contributed by atoms with van der Waals surface area (Å²) < 4.78 is 0.